The lowest BCUT2D eigenvalue weighted by molar-refractivity contribution is -0.116. The number of sulfonamides is 1. The molecule has 128 valence electrons. The van der Waals surface area contributed by atoms with Gasteiger partial charge in [0.1, 0.15) is 5.82 Å². The van der Waals surface area contributed by atoms with Crippen molar-refractivity contribution >= 4 is 33.2 Å². The van der Waals surface area contributed by atoms with E-state index in [0.29, 0.717) is 10.7 Å². The third-order valence-electron chi connectivity index (χ3n) is 3.27. The Labute approximate surface area is 145 Å². The zero-order valence-corrected chi connectivity index (χ0v) is 14.4. The van der Waals surface area contributed by atoms with Gasteiger partial charge in [0, 0.05) is 30.7 Å². The number of hydrogen-bond acceptors (Lipinski definition) is 3. The normalized spacial score (nSPS) is 11.3. The van der Waals surface area contributed by atoms with Crippen molar-refractivity contribution in [3.05, 3.63) is 59.4 Å². The van der Waals surface area contributed by atoms with Gasteiger partial charge in [0.2, 0.25) is 15.9 Å². The second-order valence-corrected chi connectivity index (χ2v) is 7.20. The quantitative estimate of drug-likeness (QED) is 0.850. The number of hydrogen-bond donors (Lipinski definition) is 1. The molecule has 0 aromatic heterocycles. The summed E-state index contributed by atoms with van der Waals surface area (Å²) in [4.78, 5) is 13.2. The number of amides is 1. The lowest BCUT2D eigenvalue weighted by atomic mass is 10.2. The average Bonchev–Trinajstić information content (AvgIpc) is 2.53. The van der Waals surface area contributed by atoms with Crippen LogP contribution in [0.3, 0.4) is 0 Å². The number of halogens is 2. The molecule has 0 aliphatic rings. The molecule has 0 spiro atoms. The Balaban J connectivity index is 2.03. The smallest absolute Gasteiger partial charge is 0.240 e. The predicted molar refractivity (Wildman–Crippen MR) is 91.1 cm³/mol. The molecule has 0 aliphatic heterocycles. The van der Waals surface area contributed by atoms with E-state index in [2.05, 4.69) is 4.72 Å². The maximum Gasteiger partial charge on any atom is 0.240 e. The molecule has 1 N–H and O–H groups in total. The van der Waals surface area contributed by atoms with Gasteiger partial charge in [-0.25, -0.2) is 17.5 Å². The lowest BCUT2D eigenvalue weighted by Crippen LogP contribution is -2.37. The Kier molecular flexibility index (Phi) is 5.93. The molecule has 0 radical (unpaired) electrons. The molecule has 2 aromatic rings. The lowest BCUT2D eigenvalue weighted by Gasteiger charge is -2.21. The van der Waals surface area contributed by atoms with Gasteiger partial charge in [0.25, 0.3) is 0 Å². The number of carbonyl (C=O) groups is 1. The van der Waals surface area contributed by atoms with Gasteiger partial charge in [-0.2, -0.15) is 0 Å². The van der Waals surface area contributed by atoms with Crippen LogP contribution in [0, 0.1) is 5.82 Å². The van der Waals surface area contributed by atoms with Crippen LogP contribution in [0.2, 0.25) is 5.02 Å². The van der Waals surface area contributed by atoms with Crippen LogP contribution >= 0.6 is 11.6 Å². The Bertz CT molecular complexity index is 808. The van der Waals surface area contributed by atoms with E-state index in [1.807, 2.05) is 0 Å². The minimum atomic E-state index is -3.69. The van der Waals surface area contributed by atoms with Gasteiger partial charge in [0.05, 0.1) is 4.90 Å². The Morgan fingerprint density at radius 2 is 1.71 bits per heavy atom. The van der Waals surface area contributed by atoms with E-state index < -0.39 is 15.8 Å². The van der Waals surface area contributed by atoms with E-state index in [1.54, 1.807) is 0 Å². The SMILES string of the molecule is CC(=O)N(CCNS(=O)(=O)c1ccc(Cl)cc1)c1ccc(F)cc1. The number of benzene rings is 2. The van der Waals surface area contributed by atoms with Crippen LogP contribution in [0.4, 0.5) is 10.1 Å². The van der Waals surface area contributed by atoms with E-state index in [9.17, 15) is 17.6 Å². The molecular weight excluding hydrogens is 355 g/mol. The van der Waals surface area contributed by atoms with Gasteiger partial charge < -0.3 is 4.90 Å². The summed E-state index contributed by atoms with van der Waals surface area (Å²) in [5, 5.41) is 0.438. The van der Waals surface area contributed by atoms with E-state index in [4.69, 9.17) is 11.6 Å². The fourth-order valence-electron chi connectivity index (χ4n) is 2.08. The predicted octanol–water partition coefficient (Wildman–Crippen LogP) is 2.81. The fraction of sp³-hybridized carbons (Fsp3) is 0.188. The first-order chi connectivity index (χ1) is 11.3. The number of anilines is 1. The molecule has 0 aliphatic carbocycles. The van der Waals surface area contributed by atoms with Crippen LogP contribution in [-0.2, 0) is 14.8 Å². The van der Waals surface area contributed by atoms with E-state index in [0.717, 1.165) is 0 Å². The first kappa shape index (κ1) is 18.4. The zero-order valence-electron chi connectivity index (χ0n) is 12.9. The van der Waals surface area contributed by atoms with Crippen molar-refractivity contribution in [1.82, 2.24) is 4.72 Å². The van der Waals surface area contributed by atoms with Crippen molar-refractivity contribution in [2.45, 2.75) is 11.8 Å². The standard InChI is InChI=1S/C16H16ClFN2O3S/c1-12(21)20(15-6-4-14(18)5-7-15)11-10-19-24(22,23)16-8-2-13(17)3-9-16/h2-9,19H,10-11H2,1H3. The molecule has 0 saturated heterocycles. The molecule has 0 saturated carbocycles. The fourth-order valence-corrected chi connectivity index (χ4v) is 3.23. The molecule has 0 atom stereocenters. The highest BCUT2D eigenvalue weighted by molar-refractivity contribution is 7.89. The Hall–Kier alpha value is -1.96. The van der Waals surface area contributed by atoms with Crippen LogP contribution in [0.25, 0.3) is 0 Å². The van der Waals surface area contributed by atoms with Gasteiger partial charge in [-0.1, -0.05) is 11.6 Å². The Morgan fingerprint density at radius 3 is 2.25 bits per heavy atom. The summed E-state index contributed by atoms with van der Waals surface area (Å²) < 4.78 is 39.7. The van der Waals surface area contributed by atoms with Crippen molar-refractivity contribution in [3.63, 3.8) is 0 Å². The Morgan fingerprint density at radius 1 is 1.12 bits per heavy atom. The number of nitrogens with zero attached hydrogens (tertiary/aromatic N) is 1. The molecule has 2 rings (SSSR count). The summed E-state index contributed by atoms with van der Waals surface area (Å²) in [6.45, 7) is 1.49. The van der Waals surface area contributed by atoms with Crippen LogP contribution in [0.15, 0.2) is 53.4 Å². The summed E-state index contributed by atoms with van der Waals surface area (Å²) in [6.07, 6.45) is 0. The first-order valence-corrected chi connectivity index (χ1v) is 8.94. The molecule has 0 fully saturated rings. The number of nitrogens with one attached hydrogen (secondary N) is 1. The molecule has 2 aromatic carbocycles. The minimum Gasteiger partial charge on any atom is -0.311 e. The average molecular weight is 371 g/mol. The largest absolute Gasteiger partial charge is 0.311 e. The van der Waals surface area contributed by atoms with E-state index >= 15 is 0 Å². The third-order valence-corrected chi connectivity index (χ3v) is 5.00. The molecule has 24 heavy (non-hydrogen) atoms. The molecule has 0 unspecified atom stereocenters. The van der Waals surface area contributed by atoms with Crippen molar-refractivity contribution in [2.75, 3.05) is 18.0 Å². The van der Waals surface area contributed by atoms with Crippen LogP contribution < -0.4 is 9.62 Å². The maximum atomic E-state index is 13.0. The topological polar surface area (TPSA) is 66.5 Å². The van der Waals surface area contributed by atoms with Crippen LogP contribution in [0.5, 0.6) is 0 Å². The monoisotopic (exact) mass is 370 g/mol. The summed E-state index contributed by atoms with van der Waals surface area (Å²) in [6, 6.07) is 11.2. The number of rotatable bonds is 6. The number of carbonyl (C=O) groups excluding carboxylic acids is 1. The molecule has 0 bridgehead atoms. The van der Waals surface area contributed by atoms with Gasteiger partial charge >= 0.3 is 0 Å². The van der Waals surface area contributed by atoms with Crippen molar-refractivity contribution in [3.8, 4) is 0 Å². The third kappa shape index (κ3) is 4.77. The highest BCUT2D eigenvalue weighted by Crippen LogP contribution is 2.16. The molecule has 1 amide bonds. The van der Waals surface area contributed by atoms with Crippen molar-refractivity contribution in [1.29, 1.82) is 0 Å². The maximum absolute atomic E-state index is 13.0. The summed E-state index contributed by atoms with van der Waals surface area (Å²) >= 11 is 5.74. The summed E-state index contributed by atoms with van der Waals surface area (Å²) in [5.74, 6) is -0.682. The summed E-state index contributed by atoms with van der Waals surface area (Å²) in [5.41, 5.74) is 0.495. The molecular formula is C16H16ClFN2O3S. The van der Waals surface area contributed by atoms with Gasteiger partial charge in [-0.15, -0.1) is 0 Å². The van der Waals surface area contributed by atoms with E-state index in [1.165, 1.54) is 60.4 Å². The summed E-state index contributed by atoms with van der Waals surface area (Å²) in [7, 11) is -3.69. The van der Waals surface area contributed by atoms with Crippen molar-refractivity contribution in [2.24, 2.45) is 0 Å². The first-order valence-electron chi connectivity index (χ1n) is 7.08. The minimum absolute atomic E-state index is 0.0158. The van der Waals surface area contributed by atoms with E-state index in [-0.39, 0.29) is 23.9 Å². The van der Waals surface area contributed by atoms with Crippen LogP contribution in [-0.4, -0.2) is 27.4 Å². The van der Waals surface area contributed by atoms with Gasteiger partial charge in [-0.3, -0.25) is 4.79 Å². The highest BCUT2D eigenvalue weighted by Gasteiger charge is 2.16. The van der Waals surface area contributed by atoms with Gasteiger partial charge in [0.15, 0.2) is 0 Å². The zero-order chi connectivity index (χ0) is 17.7. The molecule has 8 heteroatoms. The molecule has 0 heterocycles. The van der Waals surface area contributed by atoms with Gasteiger partial charge in [-0.05, 0) is 48.5 Å². The molecule has 5 nitrogen and oxygen atoms in total. The van der Waals surface area contributed by atoms with Crippen LogP contribution in [0.1, 0.15) is 6.92 Å². The second kappa shape index (κ2) is 7.74. The van der Waals surface area contributed by atoms with Crippen molar-refractivity contribution < 1.29 is 17.6 Å². The second-order valence-electron chi connectivity index (χ2n) is 5.00. The highest BCUT2D eigenvalue weighted by atomic mass is 35.5.